The van der Waals surface area contributed by atoms with Crippen molar-refractivity contribution in [3.63, 3.8) is 0 Å². The molecule has 0 fully saturated rings. The van der Waals surface area contributed by atoms with Gasteiger partial charge in [0.2, 0.25) is 0 Å². The van der Waals surface area contributed by atoms with Crippen LogP contribution in [0, 0.1) is 6.92 Å². The van der Waals surface area contributed by atoms with Gasteiger partial charge in [0.05, 0.1) is 11.8 Å². The number of aromatic carboxylic acids is 1. The Labute approximate surface area is 115 Å². The van der Waals surface area contributed by atoms with Gasteiger partial charge in [-0.1, -0.05) is 30.3 Å². The van der Waals surface area contributed by atoms with Crippen LogP contribution in [0.25, 0.3) is 22.0 Å². The maximum absolute atomic E-state index is 11.1. The quantitative estimate of drug-likeness (QED) is 0.771. The molecule has 3 aromatic rings. The van der Waals surface area contributed by atoms with Gasteiger partial charge in [0.15, 0.2) is 0 Å². The number of rotatable bonds is 2. The fourth-order valence-electron chi connectivity index (χ4n) is 2.26. The smallest absolute Gasteiger partial charge is 0.335 e. The van der Waals surface area contributed by atoms with Crippen LogP contribution in [0.1, 0.15) is 15.9 Å². The number of carboxylic acid groups (broad SMARTS) is 1. The highest BCUT2D eigenvalue weighted by molar-refractivity contribution is 5.96. The van der Waals surface area contributed by atoms with Crippen LogP contribution in [-0.4, -0.2) is 21.3 Å². The molecule has 1 N–H and O–H groups in total. The van der Waals surface area contributed by atoms with Crippen molar-refractivity contribution in [2.75, 3.05) is 0 Å². The SMILES string of the molecule is Cc1cnnc2c(-c3cccc(C(=O)O)c3)cccc12. The first-order valence-electron chi connectivity index (χ1n) is 6.21. The first-order valence-corrected chi connectivity index (χ1v) is 6.21. The van der Waals surface area contributed by atoms with Crippen molar-refractivity contribution in [1.29, 1.82) is 0 Å². The van der Waals surface area contributed by atoms with Gasteiger partial charge in [0.1, 0.15) is 5.52 Å². The monoisotopic (exact) mass is 264 g/mol. The zero-order valence-corrected chi connectivity index (χ0v) is 10.9. The van der Waals surface area contributed by atoms with Crippen molar-refractivity contribution in [3.8, 4) is 11.1 Å². The molecule has 0 saturated heterocycles. The molecule has 20 heavy (non-hydrogen) atoms. The van der Waals surface area contributed by atoms with Crippen molar-refractivity contribution >= 4 is 16.9 Å². The summed E-state index contributed by atoms with van der Waals surface area (Å²) < 4.78 is 0. The van der Waals surface area contributed by atoms with Crippen molar-refractivity contribution in [1.82, 2.24) is 10.2 Å². The molecule has 0 aliphatic rings. The zero-order chi connectivity index (χ0) is 14.1. The number of hydrogen-bond donors (Lipinski definition) is 1. The summed E-state index contributed by atoms with van der Waals surface area (Å²) in [5.41, 5.74) is 3.82. The van der Waals surface area contributed by atoms with E-state index in [0.717, 1.165) is 27.6 Å². The van der Waals surface area contributed by atoms with E-state index in [-0.39, 0.29) is 5.56 Å². The van der Waals surface area contributed by atoms with Gasteiger partial charge in [0.25, 0.3) is 0 Å². The van der Waals surface area contributed by atoms with Crippen molar-refractivity contribution in [2.24, 2.45) is 0 Å². The summed E-state index contributed by atoms with van der Waals surface area (Å²) in [5.74, 6) is -0.936. The topological polar surface area (TPSA) is 63.1 Å². The summed E-state index contributed by atoms with van der Waals surface area (Å²) >= 11 is 0. The second-order valence-corrected chi connectivity index (χ2v) is 4.62. The largest absolute Gasteiger partial charge is 0.478 e. The average Bonchev–Trinajstić information content (AvgIpc) is 2.47. The number of nitrogens with zero attached hydrogens (tertiary/aromatic N) is 2. The van der Waals surface area contributed by atoms with E-state index in [1.54, 1.807) is 24.4 Å². The standard InChI is InChI=1S/C16H12N2O2/c1-10-9-17-18-15-13(10)6-3-7-14(15)11-4-2-5-12(8-11)16(19)20/h2-9H,1H3,(H,19,20). The van der Waals surface area contributed by atoms with Gasteiger partial charge in [0, 0.05) is 10.9 Å². The Balaban J connectivity index is 2.27. The minimum Gasteiger partial charge on any atom is -0.478 e. The van der Waals surface area contributed by atoms with Crippen LogP contribution >= 0.6 is 0 Å². The van der Waals surface area contributed by atoms with Gasteiger partial charge in [-0.3, -0.25) is 0 Å². The molecule has 0 aliphatic heterocycles. The lowest BCUT2D eigenvalue weighted by molar-refractivity contribution is 0.0697. The van der Waals surface area contributed by atoms with Crippen LogP contribution in [0.2, 0.25) is 0 Å². The molecule has 0 unspecified atom stereocenters. The number of fused-ring (bicyclic) bond motifs is 1. The number of carbonyl (C=O) groups is 1. The van der Waals surface area contributed by atoms with E-state index in [2.05, 4.69) is 10.2 Å². The van der Waals surface area contributed by atoms with E-state index >= 15 is 0 Å². The highest BCUT2D eigenvalue weighted by atomic mass is 16.4. The molecule has 0 radical (unpaired) electrons. The number of aromatic nitrogens is 2. The lowest BCUT2D eigenvalue weighted by Gasteiger charge is -2.07. The fourth-order valence-corrected chi connectivity index (χ4v) is 2.26. The molecule has 1 aromatic heterocycles. The average molecular weight is 264 g/mol. The summed E-state index contributed by atoms with van der Waals surface area (Å²) in [5, 5.41) is 18.3. The van der Waals surface area contributed by atoms with Crippen LogP contribution in [-0.2, 0) is 0 Å². The van der Waals surface area contributed by atoms with Gasteiger partial charge in [-0.25, -0.2) is 4.79 Å². The van der Waals surface area contributed by atoms with Crippen LogP contribution in [0.5, 0.6) is 0 Å². The molecule has 0 bridgehead atoms. The third-order valence-electron chi connectivity index (χ3n) is 3.29. The number of benzene rings is 2. The van der Waals surface area contributed by atoms with Crippen molar-refractivity contribution < 1.29 is 9.90 Å². The molecule has 0 saturated carbocycles. The van der Waals surface area contributed by atoms with Crippen LogP contribution < -0.4 is 0 Å². The number of carboxylic acids is 1. The highest BCUT2D eigenvalue weighted by Crippen LogP contribution is 2.28. The number of hydrogen-bond acceptors (Lipinski definition) is 3. The lowest BCUT2D eigenvalue weighted by atomic mass is 9.99. The molecule has 0 spiro atoms. The molecule has 4 heteroatoms. The highest BCUT2D eigenvalue weighted by Gasteiger charge is 2.09. The van der Waals surface area contributed by atoms with Crippen LogP contribution in [0.4, 0.5) is 0 Å². The lowest BCUT2D eigenvalue weighted by Crippen LogP contribution is -1.96. The Kier molecular flexibility index (Phi) is 2.91. The van der Waals surface area contributed by atoms with E-state index in [0.29, 0.717) is 0 Å². The van der Waals surface area contributed by atoms with Crippen molar-refractivity contribution in [2.45, 2.75) is 6.92 Å². The van der Waals surface area contributed by atoms with E-state index in [1.807, 2.05) is 31.2 Å². The van der Waals surface area contributed by atoms with Crippen molar-refractivity contribution in [3.05, 3.63) is 59.8 Å². The minimum absolute atomic E-state index is 0.264. The van der Waals surface area contributed by atoms with Gasteiger partial charge in [-0.05, 0) is 30.2 Å². The Morgan fingerprint density at radius 2 is 1.95 bits per heavy atom. The van der Waals surface area contributed by atoms with E-state index < -0.39 is 5.97 Å². The van der Waals surface area contributed by atoms with E-state index in [1.165, 1.54) is 0 Å². The molecular formula is C16H12N2O2. The second kappa shape index (κ2) is 4.74. The molecule has 1 heterocycles. The summed E-state index contributed by atoms with van der Waals surface area (Å²) in [6.45, 7) is 1.98. The normalized spacial score (nSPS) is 10.7. The third kappa shape index (κ3) is 2.01. The predicted octanol–water partition coefficient (Wildman–Crippen LogP) is 3.30. The van der Waals surface area contributed by atoms with Gasteiger partial charge in [-0.15, -0.1) is 5.10 Å². The zero-order valence-electron chi connectivity index (χ0n) is 10.9. The summed E-state index contributed by atoms with van der Waals surface area (Å²) in [6.07, 6.45) is 1.72. The first kappa shape index (κ1) is 12.3. The molecule has 0 aliphatic carbocycles. The molecule has 3 rings (SSSR count). The second-order valence-electron chi connectivity index (χ2n) is 4.62. The Bertz CT molecular complexity index is 812. The summed E-state index contributed by atoms with van der Waals surface area (Å²) in [7, 11) is 0. The van der Waals surface area contributed by atoms with E-state index in [4.69, 9.17) is 5.11 Å². The molecule has 2 aromatic carbocycles. The van der Waals surface area contributed by atoms with Crippen LogP contribution in [0.3, 0.4) is 0 Å². The fraction of sp³-hybridized carbons (Fsp3) is 0.0625. The molecular weight excluding hydrogens is 252 g/mol. The predicted molar refractivity (Wildman–Crippen MR) is 76.7 cm³/mol. The number of aryl methyl sites for hydroxylation is 1. The Hall–Kier alpha value is -2.75. The summed E-state index contributed by atoms with van der Waals surface area (Å²) in [6, 6.07) is 12.7. The molecule has 0 amide bonds. The molecule has 0 atom stereocenters. The Morgan fingerprint density at radius 3 is 2.75 bits per heavy atom. The Morgan fingerprint density at radius 1 is 1.15 bits per heavy atom. The van der Waals surface area contributed by atoms with Gasteiger partial charge < -0.3 is 5.11 Å². The van der Waals surface area contributed by atoms with E-state index in [9.17, 15) is 4.79 Å². The third-order valence-corrected chi connectivity index (χ3v) is 3.29. The molecule has 98 valence electrons. The minimum atomic E-state index is -0.936. The summed E-state index contributed by atoms with van der Waals surface area (Å²) in [4.78, 5) is 11.1. The maximum atomic E-state index is 11.1. The van der Waals surface area contributed by atoms with Gasteiger partial charge >= 0.3 is 5.97 Å². The molecule has 4 nitrogen and oxygen atoms in total. The van der Waals surface area contributed by atoms with Crippen LogP contribution in [0.15, 0.2) is 48.7 Å². The first-order chi connectivity index (χ1) is 9.66. The van der Waals surface area contributed by atoms with Gasteiger partial charge in [-0.2, -0.15) is 5.10 Å². The maximum Gasteiger partial charge on any atom is 0.335 e.